The van der Waals surface area contributed by atoms with Crippen molar-refractivity contribution in [3.8, 4) is 5.75 Å². The van der Waals surface area contributed by atoms with Crippen molar-refractivity contribution in [1.29, 1.82) is 0 Å². The lowest BCUT2D eigenvalue weighted by atomic mass is 10.1. The summed E-state index contributed by atoms with van der Waals surface area (Å²) in [5.41, 5.74) is 3.43. The molecule has 0 spiro atoms. The molecule has 0 saturated carbocycles. The molecule has 0 aliphatic carbocycles. The van der Waals surface area contributed by atoms with E-state index in [0.29, 0.717) is 18.0 Å². The number of nitrogens with one attached hydrogen (secondary N) is 1. The quantitative estimate of drug-likeness (QED) is 0.442. The SMILES string of the molecule is CCOc1ccccc1N(CC(=O)N[C@H](C)c1ccc(CC)cc1)S(=O)(=O)c1ccc(C)cc1. The van der Waals surface area contributed by atoms with Gasteiger partial charge in [0.2, 0.25) is 5.91 Å². The molecule has 3 aromatic rings. The Hall–Kier alpha value is -3.32. The molecule has 0 saturated heterocycles. The minimum Gasteiger partial charge on any atom is -0.492 e. The van der Waals surface area contributed by atoms with Crippen LogP contribution in [0.3, 0.4) is 0 Å². The molecule has 0 unspecified atom stereocenters. The maximum Gasteiger partial charge on any atom is 0.264 e. The smallest absolute Gasteiger partial charge is 0.264 e. The highest BCUT2D eigenvalue weighted by atomic mass is 32.2. The lowest BCUT2D eigenvalue weighted by Gasteiger charge is -2.26. The lowest BCUT2D eigenvalue weighted by molar-refractivity contribution is -0.120. The highest BCUT2D eigenvalue weighted by molar-refractivity contribution is 7.92. The number of benzene rings is 3. The highest BCUT2D eigenvalue weighted by Crippen LogP contribution is 2.32. The van der Waals surface area contributed by atoms with E-state index in [-0.39, 0.29) is 17.5 Å². The number of sulfonamides is 1. The monoisotopic (exact) mass is 480 g/mol. The van der Waals surface area contributed by atoms with Crippen LogP contribution < -0.4 is 14.4 Å². The number of carbonyl (C=O) groups excluding carboxylic acids is 1. The summed E-state index contributed by atoms with van der Waals surface area (Å²) >= 11 is 0. The van der Waals surface area contributed by atoms with E-state index in [1.165, 1.54) is 5.56 Å². The van der Waals surface area contributed by atoms with Gasteiger partial charge >= 0.3 is 0 Å². The summed E-state index contributed by atoms with van der Waals surface area (Å²) in [5, 5.41) is 2.93. The van der Waals surface area contributed by atoms with Gasteiger partial charge < -0.3 is 10.1 Å². The van der Waals surface area contributed by atoms with Crippen LogP contribution in [0.5, 0.6) is 5.75 Å². The normalized spacial score (nSPS) is 12.1. The molecular weight excluding hydrogens is 448 g/mol. The fraction of sp³-hybridized carbons (Fsp3) is 0.296. The van der Waals surface area contributed by atoms with E-state index in [4.69, 9.17) is 4.74 Å². The standard InChI is InChI=1S/C27H32N2O4S/c1-5-22-13-15-23(16-14-22)21(4)28-27(30)19-29(25-9-7-8-10-26(25)33-6-2)34(31,32)24-17-11-20(3)12-18-24/h7-18,21H,5-6,19H2,1-4H3,(H,28,30)/t21-/m1/s1. The van der Waals surface area contributed by atoms with Gasteiger partial charge in [-0.1, -0.05) is 61.0 Å². The molecule has 0 radical (unpaired) electrons. The van der Waals surface area contributed by atoms with Gasteiger partial charge in [0.1, 0.15) is 12.3 Å². The first-order valence-corrected chi connectivity index (χ1v) is 12.9. The Morgan fingerprint density at radius 1 is 0.971 bits per heavy atom. The fourth-order valence-corrected chi connectivity index (χ4v) is 5.05. The van der Waals surface area contributed by atoms with Crippen molar-refractivity contribution >= 4 is 21.6 Å². The predicted octanol–water partition coefficient (Wildman–Crippen LogP) is 5.03. The van der Waals surface area contributed by atoms with Gasteiger partial charge in [-0.15, -0.1) is 0 Å². The summed E-state index contributed by atoms with van der Waals surface area (Å²) < 4.78 is 34.1. The molecule has 0 aliphatic rings. The van der Waals surface area contributed by atoms with Crippen LogP contribution >= 0.6 is 0 Å². The van der Waals surface area contributed by atoms with Gasteiger partial charge in [-0.25, -0.2) is 8.42 Å². The first-order chi connectivity index (χ1) is 16.3. The van der Waals surface area contributed by atoms with E-state index in [0.717, 1.165) is 21.9 Å². The molecule has 6 nitrogen and oxygen atoms in total. The number of para-hydroxylation sites is 2. The van der Waals surface area contributed by atoms with Crippen molar-refractivity contribution in [2.24, 2.45) is 0 Å². The summed E-state index contributed by atoms with van der Waals surface area (Å²) in [4.78, 5) is 13.2. The van der Waals surface area contributed by atoms with Crippen molar-refractivity contribution in [3.05, 3.63) is 89.5 Å². The van der Waals surface area contributed by atoms with Crippen LogP contribution in [0.2, 0.25) is 0 Å². The number of hydrogen-bond donors (Lipinski definition) is 1. The predicted molar refractivity (Wildman–Crippen MR) is 136 cm³/mol. The molecule has 1 N–H and O–H groups in total. The number of aryl methyl sites for hydroxylation is 2. The molecular formula is C27H32N2O4S. The average molecular weight is 481 g/mol. The summed E-state index contributed by atoms with van der Waals surface area (Å²) in [6.07, 6.45) is 0.937. The molecule has 3 aromatic carbocycles. The molecule has 0 fully saturated rings. The fourth-order valence-electron chi connectivity index (χ4n) is 3.62. The van der Waals surface area contributed by atoms with Crippen LogP contribution in [0.1, 0.15) is 43.5 Å². The van der Waals surface area contributed by atoms with Gasteiger partial charge in [-0.05, 0) is 62.6 Å². The number of anilines is 1. The van der Waals surface area contributed by atoms with E-state index in [2.05, 4.69) is 12.2 Å². The second kappa shape index (κ2) is 11.2. The van der Waals surface area contributed by atoms with Crippen molar-refractivity contribution in [1.82, 2.24) is 5.32 Å². The number of amides is 1. The lowest BCUT2D eigenvalue weighted by Crippen LogP contribution is -2.41. The molecule has 0 bridgehead atoms. The van der Waals surface area contributed by atoms with Crippen molar-refractivity contribution in [3.63, 3.8) is 0 Å². The van der Waals surface area contributed by atoms with Crippen LogP contribution in [0, 0.1) is 6.92 Å². The number of carbonyl (C=O) groups is 1. The molecule has 34 heavy (non-hydrogen) atoms. The van der Waals surface area contributed by atoms with E-state index in [1.807, 2.05) is 45.0 Å². The molecule has 1 atom stereocenters. The maximum absolute atomic E-state index is 13.7. The van der Waals surface area contributed by atoms with Crippen molar-refractivity contribution < 1.29 is 17.9 Å². The molecule has 3 rings (SSSR count). The van der Waals surface area contributed by atoms with Crippen LogP contribution in [0.25, 0.3) is 0 Å². The van der Waals surface area contributed by atoms with Crippen molar-refractivity contribution in [2.45, 2.75) is 45.1 Å². The number of rotatable bonds is 10. The minimum absolute atomic E-state index is 0.111. The first-order valence-electron chi connectivity index (χ1n) is 11.5. The van der Waals surface area contributed by atoms with Gasteiger partial charge in [-0.3, -0.25) is 9.10 Å². The maximum atomic E-state index is 13.7. The zero-order valence-corrected chi connectivity index (χ0v) is 20.9. The summed E-state index contributed by atoms with van der Waals surface area (Å²) in [7, 11) is -4.02. The summed E-state index contributed by atoms with van der Waals surface area (Å²) in [5.74, 6) is -0.00857. The number of nitrogens with zero attached hydrogens (tertiary/aromatic N) is 1. The number of hydrogen-bond acceptors (Lipinski definition) is 4. The summed E-state index contributed by atoms with van der Waals surface area (Å²) in [6.45, 7) is 7.67. The Bertz CT molecular complexity index is 1210. The van der Waals surface area contributed by atoms with E-state index >= 15 is 0 Å². The Kier molecular flexibility index (Phi) is 8.34. The van der Waals surface area contributed by atoms with Crippen LogP contribution in [0.15, 0.2) is 77.7 Å². The largest absolute Gasteiger partial charge is 0.492 e. The molecule has 0 aliphatic heterocycles. The second-order valence-electron chi connectivity index (χ2n) is 8.11. The molecule has 180 valence electrons. The molecule has 7 heteroatoms. The average Bonchev–Trinajstić information content (AvgIpc) is 2.83. The Morgan fingerprint density at radius 2 is 1.62 bits per heavy atom. The third-order valence-corrected chi connectivity index (χ3v) is 7.37. The zero-order chi connectivity index (χ0) is 24.7. The molecule has 0 aromatic heterocycles. The first kappa shape index (κ1) is 25.3. The van der Waals surface area contributed by atoms with Gasteiger partial charge in [0.15, 0.2) is 0 Å². The van der Waals surface area contributed by atoms with E-state index in [1.54, 1.807) is 48.5 Å². The molecule has 0 heterocycles. The van der Waals surface area contributed by atoms with Crippen LogP contribution in [-0.4, -0.2) is 27.5 Å². The summed E-state index contributed by atoms with van der Waals surface area (Å²) in [6, 6.07) is 21.2. The van der Waals surface area contributed by atoms with Crippen LogP contribution in [-0.2, 0) is 21.2 Å². The van der Waals surface area contributed by atoms with Crippen LogP contribution in [0.4, 0.5) is 5.69 Å². The Labute approximate surface area is 202 Å². The molecule has 1 amide bonds. The number of ether oxygens (including phenoxy) is 1. The van der Waals surface area contributed by atoms with E-state index < -0.39 is 15.9 Å². The third kappa shape index (κ3) is 5.97. The minimum atomic E-state index is -4.02. The van der Waals surface area contributed by atoms with E-state index in [9.17, 15) is 13.2 Å². The Balaban J connectivity index is 1.92. The van der Waals surface area contributed by atoms with Gasteiger partial charge in [0.05, 0.1) is 23.2 Å². The van der Waals surface area contributed by atoms with Gasteiger partial charge in [0.25, 0.3) is 10.0 Å². The second-order valence-corrected chi connectivity index (χ2v) is 9.97. The van der Waals surface area contributed by atoms with Gasteiger partial charge in [0, 0.05) is 0 Å². The highest BCUT2D eigenvalue weighted by Gasteiger charge is 2.29. The zero-order valence-electron chi connectivity index (χ0n) is 20.1. The third-order valence-electron chi connectivity index (χ3n) is 5.60. The van der Waals surface area contributed by atoms with Crippen molar-refractivity contribution in [2.75, 3.05) is 17.5 Å². The topological polar surface area (TPSA) is 75.7 Å². The van der Waals surface area contributed by atoms with Gasteiger partial charge in [-0.2, -0.15) is 0 Å². The Morgan fingerprint density at radius 3 is 2.24 bits per heavy atom.